The maximum atomic E-state index is 12.0. The van der Waals surface area contributed by atoms with Gasteiger partial charge < -0.3 is 19.6 Å². The summed E-state index contributed by atoms with van der Waals surface area (Å²) in [6, 6.07) is 7.62. The number of halogens is 3. The van der Waals surface area contributed by atoms with Crippen LogP contribution >= 0.6 is 0 Å². The van der Waals surface area contributed by atoms with E-state index in [1.807, 2.05) is 0 Å². The molecule has 0 spiro atoms. The highest BCUT2D eigenvalue weighted by Gasteiger charge is 2.31. The van der Waals surface area contributed by atoms with Crippen molar-refractivity contribution in [2.45, 2.75) is 18.9 Å². The van der Waals surface area contributed by atoms with E-state index in [1.54, 1.807) is 12.1 Å². The van der Waals surface area contributed by atoms with Gasteiger partial charge in [0.05, 0.1) is 12.8 Å². The van der Waals surface area contributed by atoms with Crippen molar-refractivity contribution in [3.05, 3.63) is 54.0 Å². The number of hydrogen-bond acceptors (Lipinski definition) is 4. The smallest absolute Gasteiger partial charge is 0.466 e. The lowest BCUT2D eigenvalue weighted by Crippen LogP contribution is -2.38. The van der Waals surface area contributed by atoms with Gasteiger partial charge in [0.25, 0.3) is 5.91 Å². The van der Waals surface area contributed by atoms with Gasteiger partial charge in [-0.3, -0.25) is 4.79 Å². The van der Waals surface area contributed by atoms with Crippen LogP contribution in [0.4, 0.5) is 13.2 Å². The highest BCUT2D eigenvalue weighted by atomic mass is 19.4. The van der Waals surface area contributed by atoms with Gasteiger partial charge in [0.1, 0.15) is 17.1 Å². The van der Waals surface area contributed by atoms with E-state index in [2.05, 4.69) is 10.1 Å². The predicted molar refractivity (Wildman–Crippen MR) is 73.7 cm³/mol. The first-order valence-corrected chi connectivity index (χ1v) is 6.58. The normalized spacial score (nSPS) is 14.1. The van der Waals surface area contributed by atoms with E-state index in [0.29, 0.717) is 0 Å². The summed E-state index contributed by atoms with van der Waals surface area (Å²) in [4.78, 5) is 11.9. The number of alkyl halides is 3. The monoisotopic (exact) mass is 329 g/mol. The first-order valence-electron chi connectivity index (χ1n) is 6.58. The third-order valence-corrected chi connectivity index (χ3v) is 3.00. The highest BCUT2D eigenvalue weighted by Crippen LogP contribution is 2.23. The van der Waals surface area contributed by atoms with E-state index < -0.39 is 23.6 Å². The Kier molecular flexibility index (Phi) is 4.65. The molecule has 0 radical (unpaired) electrons. The van der Waals surface area contributed by atoms with Crippen LogP contribution in [0.1, 0.15) is 23.0 Å². The van der Waals surface area contributed by atoms with E-state index >= 15 is 0 Å². The van der Waals surface area contributed by atoms with Crippen LogP contribution in [-0.4, -0.2) is 23.9 Å². The molecule has 0 aliphatic heterocycles. The molecule has 2 N–H and O–H groups in total. The lowest BCUT2D eigenvalue weighted by atomic mass is 10.0. The van der Waals surface area contributed by atoms with Gasteiger partial charge in [0.15, 0.2) is 0 Å². The van der Waals surface area contributed by atoms with Crippen molar-refractivity contribution in [1.29, 1.82) is 0 Å². The molecule has 2 rings (SSSR count). The van der Waals surface area contributed by atoms with E-state index in [9.17, 15) is 23.1 Å². The Morgan fingerprint density at radius 1 is 1.26 bits per heavy atom. The van der Waals surface area contributed by atoms with Crippen LogP contribution in [0, 0.1) is 0 Å². The molecule has 1 atom stereocenters. The molecule has 0 saturated carbocycles. The van der Waals surface area contributed by atoms with Gasteiger partial charge >= 0.3 is 6.36 Å². The number of carbonyl (C=O) groups is 1. The molecule has 1 aromatic carbocycles. The first-order chi connectivity index (χ1) is 10.7. The maximum Gasteiger partial charge on any atom is 0.573 e. The van der Waals surface area contributed by atoms with Crippen LogP contribution in [0.3, 0.4) is 0 Å². The van der Waals surface area contributed by atoms with Crippen LogP contribution in [0.15, 0.2) is 47.1 Å². The van der Waals surface area contributed by atoms with Crippen LogP contribution < -0.4 is 10.1 Å². The second-order valence-corrected chi connectivity index (χ2v) is 5.01. The molecule has 0 saturated heterocycles. The average Bonchev–Trinajstić information content (AvgIpc) is 2.99. The van der Waals surface area contributed by atoms with Gasteiger partial charge in [-0.15, -0.1) is 13.2 Å². The number of rotatable bonds is 5. The first kappa shape index (κ1) is 16.9. The topological polar surface area (TPSA) is 71.7 Å². The lowest BCUT2D eigenvalue weighted by molar-refractivity contribution is -0.274. The molecule has 0 bridgehead atoms. The Labute approximate surface area is 129 Å². The fourth-order valence-corrected chi connectivity index (χ4v) is 1.83. The van der Waals surface area contributed by atoms with E-state index in [-0.39, 0.29) is 17.9 Å². The fraction of sp³-hybridized carbons (Fsp3) is 0.267. The van der Waals surface area contributed by atoms with Gasteiger partial charge in [-0.05, 0) is 43.3 Å². The molecule has 1 heterocycles. The summed E-state index contributed by atoms with van der Waals surface area (Å²) in [5.41, 5.74) is -1.27. The van der Waals surface area contributed by atoms with Crippen molar-refractivity contribution >= 4 is 5.91 Å². The second-order valence-electron chi connectivity index (χ2n) is 5.01. The van der Waals surface area contributed by atoms with E-state index in [0.717, 1.165) is 12.1 Å². The van der Waals surface area contributed by atoms with Crippen molar-refractivity contribution in [3.63, 3.8) is 0 Å². The quantitative estimate of drug-likeness (QED) is 0.885. The zero-order valence-electron chi connectivity index (χ0n) is 12.1. The van der Waals surface area contributed by atoms with Crippen molar-refractivity contribution in [3.8, 4) is 5.75 Å². The van der Waals surface area contributed by atoms with Crippen molar-refractivity contribution < 1.29 is 32.2 Å². The zero-order chi connectivity index (χ0) is 17.1. The molecule has 1 amide bonds. The Morgan fingerprint density at radius 3 is 2.43 bits per heavy atom. The summed E-state index contributed by atoms with van der Waals surface area (Å²) in [6.07, 6.45) is -3.39. The minimum atomic E-state index is -4.79. The minimum absolute atomic E-state index is 0.125. The maximum absolute atomic E-state index is 12.0. The summed E-state index contributed by atoms with van der Waals surface area (Å²) in [6.45, 7) is 1.34. The third kappa shape index (κ3) is 4.75. The number of nitrogens with one attached hydrogen (secondary N) is 1. The number of carbonyl (C=O) groups excluding carboxylic acids is 1. The minimum Gasteiger partial charge on any atom is -0.466 e. The number of amides is 1. The fourth-order valence-electron chi connectivity index (χ4n) is 1.83. The molecule has 8 heteroatoms. The second kappa shape index (κ2) is 6.33. The van der Waals surface area contributed by atoms with Crippen molar-refractivity contribution in [2.75, 3.05) is 6.54 Å². The molecule has 5 nitrogen and oxygen atoms in total. The summed E-state index contributed by atoms with van der Waals surface area (Å²) < 4.78 is 44.9. The zero-order valence-corrected chi connectivity index (χ0v) is 12.1. The van der Waals surface area contributed by atoms with Crippen LogP contribution in [0.5, 0.6) is 5.75 Å². The molecule has 1 aromatic heterocycles. The Balaban J connectivity index is 1.96. The lowest BCUT2D eigenvalue weighted by Gasteiger charge is -2.21. The molecule has 0 aliphatic carbocycles. The van der Waals surface area contributed by atoms with Gasteiger partial charge in [0, 0.05) is 5.56 Å². The van der Waals surface area contributed by atoms with Crippen molar-refractivity contribution in [1.82, 2.24) is 5.32 Å². The summed E-state index contributed by atoms with van der Waals surface area (Å²) in [5.74, 6) is -0.682. The summed E-state index contributed by atoms with van der Waals surface area (Å²) >= 11 is 0. The molecule has 0 aliphatic rings. The van der Waals surface area contributed by atoms with Crippen LogP contribution in [0.2, 0.25) is 0 Å². The SMILES string of the molecule is C[C@](O)(CNC(=O)c1ccc(OC(F)(F)F)cc1)c1ccco1. The molecule has 2 aromatic rings. The van der Waals surface area contributed by atoms with Gasteiger partial charge in [-0.2, -0.15) is 0 Å². The molecule has 124 valence electrons. The molecule has 23 heavy (non-hydrogen) atoms. The number of furan rings is 1. The van der Waals surface area contributed by atoms with Gasteiger partial charge in [-0.25, -0.2) is 0 Å². The average molecular weight is 329 g/mol. The van der Waals surface area contributed by atoms with Crippen molar-refractivity contribution in [2.24, 2.45) is 0 Å². The van der Waals surface area contributed by atoms with Crippen LogP contribution in [0.25, 0.3) is 0 Å². The summed E-state index contributed by atoms with van der Waals surface area (Å²) in [7, 11) is 0. The van der Waals surface area contributed by atoms with Crippen LogP contribution in [-0.2, 0) is 5.60 Å². The van der Waals surface area contributed by atoms with E-state index in [1.165, 1.54) is 25.3 Å². The Bertz CT molecular complexity index is 648. The predicted octanol–water partition coefficient (Wildman–Crippen LogP) is 2.82. The van der Waals surface area contributed by atoms with E-state index in [4.69, 9.17) is 4.42 Å². The molecular formula is C15H14F3NO4. The number of hydrogen-bond donors (Lipinski definition) is 2. The molecule has 0 unspecified atom stereocenters. The van der Waals surface area contributed by atoms with Gasteiger partial charge in [-0.1, -0.05) is 0 Å². The largest absolute Gasteiger partial charge is 0.573 e. The standard InChI is InChI=1S/C15H14F3NO4/c1-14(21,12-3-2-8-22-12)9-19-13(20)10-4-6-11(7-5-10)23-15(16,17)18/h2-8,21H,9H2,1H3,(H,19,20)/t14-/m0/s1. The Morgan fingerprint density at radius 2 is 1.91 bits per heavy atom. The number of benzene rings is 1. The highest BCUT2D eigenvalue weighted by molar-refractivity contribution is 5.94. The third-order valence-electron chi connectivity index (χ3n) is 3.00. The Hall–Kier alpha value is -2.48. The molecular weight excluding hydrogens is 315 g/mol. The summed E-state index contributed by atoms with van der Waals surface area (Å²) in [5, 5.41) is 12.7. The number of aliphatic hydroxyl groups is 1. The molecule has 0 fully saturated rings. The number of ether oxygens (including phenoxy) is 1. The van der Waals surface area contributed by atoms with Gasteiger partial charge in [0.2, 0.25) is 0 Å².